The van der Waals surface area contributed by atoms with E-state index in [1.165, 1.54) is 11.3 Å². The van der Waals surface area contributed by atoms with E-state index in [1.54, 1.807) is 24.4 Å². The lowest BCUT2D eigenvalue weighted by Crippen LogP contribution is -2.14. The summed E-state index contributed by atoms with van der Waals surface area (Å²) in [6.07, 6.45) is 1.74. The van der Waals surface area contributed by atoms with Gasteiger partial charge < -0.3 is 0 Å². The van der Waals surface area contributed by atoms with Crippen LogP contribution in [0.15, 0.2) is 83.9 Å². The van der Waals surface area contributed by atoms with Gasteiger partial charge in [-0.1, -0.05) is 53.8 Å². The van der Waals surface area contributed by atoms with E-state index >= 15 is 0 Å². The Hall–Kier alpha value is -3.29. The van der Waals surface area contributed by atoms with Crippen molar-refractivity contribution < 1.29 is 8.42 Å². The zero-order valence-corrected chi connectivity index (χ0v) is 17.7. The fourth-order valence-corrected chi connectivity index (χ4v) is 5.55. The first-order chi connectivity index (χ1) is 14.5. The minimum Gasteiger partial charge on any atom is -0.279 e. The number of aromatic nitrogens is 2. The molecule has 0 radical (unpaired) electrons. The van der Waals surface area contributed by atoms with Crippen molar-refractivity contribution in [2.24, 2.45) is 0 Å². The van der Waals surface area contributed by atoms with Gasteiger partial charge in [-0.3, -0.25) is 4.72 Å². The summed E-state index contributed by atoms with van der Waals surface area (Å²) in [7, 11) is -3.73. The van der Waals surface area contributed by atoms with E-state index in [0.717, 1.165) is 37.3 Å². The number of thiazole rings is 1. The summed E-state index contributed by atoms with van der Waals surface area (Å²) >= 11 is 1.49. The molecule has 0 aliphatic carbocycles. The number of pyridine rings is 1. The van der Waals surface area contributed by atoms with E-state index in [1.807, 2.05) is 61.5 Å². The lowest BCUT2D eigenvalue weighted by Gasteiger charge is -2.13. The molecule has 0 bridgehead atoms. The molecule has 0 saturated carbocycles. The molecular formula is C23H17N3O2S2. The highest BCUT2D eigenvalue weighted by Crippen LogP contribution is 2.34. The first kappa shape index (κ1) is 18.7. The number of benzene rings is 3. The fourth-order valence-electron chi connectivity index (χ4n) is 3.40. The van der Waals surface area contributed by atoms with Crippen LogP contribution < -0.4 is 4.72 Å². The predicted molar refractivity (Wildman–Crippen MR) is 122 cm³/mol. The molecule has 0 aliphatic rings. The first-order valence-corrected chi connectivity index (χ1v) is 11.6. The third kappa shape index (κ3) is 3.32. The van der Waals surface area contributed by atoms with Crippen LogP contribution >= 0.6 is 11.3 Å². The van der Waals surface area contributed by atoms with Gasteiger partial charge in [0, 0.05) is 11.8 Å². The van der Waals surface area contributed by atoms with Gasteiger partial charge in [0.2, 0.25) is 0 Å². The van der Waals surface area contributed by atoms with Gasteiger partial charge in [-0.25, -0.2) is 18.4 Å². The standard InChI is InChI=1S/C23H17N3O2S2/c1-15-19(22-25-21-10-5-13-24-23(21)29-22)8-4-9-20(15)26-30(27,28)18-12-11-16-6-2-3-7-17(16)14-18/h2-14,26H,1H3. The maximum atomic E-state index is 13.1. The van der Waals surface area contributed by atoms with Gasteiger partial charge in [0.15, 0.2) is 0 Å². The van der Waals surface area contributed by atoms with E-state index in [0.29, 0.717) is 5.69 Å². The van der Waals surface area contributed by atoms with Gasteiger partial charge in [-0.2, -0.15) is 0 Å². The average molecular weight is 432 g/mol. The molecule has 5 aromatic rings. The Morgan fingerprint density at radius 1 is 0.900 bits per heavy atom. The Morgan fingerprint density at radius 2 is 1.73 bits per heavy atom. The van der Waals surface area contributed by atoms with Crippen LogP contribution in [0.25, 0.3) is 31.7 Å². The summed E-state index contributed by atoms with van der Waals surface area (Å²) in [6.45, 7) is 1.90. The third-order valence-corrected chi connectivity index (χ3v) is 7.38. The zero-order valence-electron chi connectivity index (χ0n) is 16.0. The number of sulfonamides is 1. The summed E-state index contributed by atoms with van der Waals surface area (Å²) in [5.41, 5.74) is 3.07. The molecule has 2 aromatic heterocycles. The monoisotopic (exact) mass is 431 g/mol. The van der Waals surface area contributed by atoms with Crippen LogP contribution in [-0.2, 0) is 10.0 Å². The lowest BCUT2D eigenvalue weighted by atomic mass is 10.1. The molecule has 0 unspecified atom stereocenters. The van der Waals surface area contributed by atoms with Crippen LogP contribution in [-0.4, -0.2) is 18.4 Å². The smallest absolute Gasteiger partial charge is 0.261 e. The minimum atomic E-state index is -3.73. The quantitative estimate of drug-likeness (QED) is 0.401. The van der Waals surface area contributed by atoms with Crippen molar-refractivity contribution in [3.8, 4) is 10.6 Å². The number of hydrogen-bond acceptors (Lipinski definition) is 5. The number of anilines is 1. The molecule has 0 fully saturated rings. The SMILES string of the molecule is Cc1c(NS(=O)(=O)c2ccc3ccccc3c2)cccc1-c1nc2cccnc2s1. The molecule has 0 aliphatic heterocycles. The lowest BCUT2D eigenvalue weighted by molar-refractivity contribution is 0.601. The second kappa shape index (κ2) is 7.19. The molecule has 0 saturated heterocycles. The third-order valence-electron chi connectivity index (χ3n) is 5.01. The minimum absolute atomic E-state index is 0.232. The Balaban J connectivity index is 1.53. The molecule has 0 atom stereocenters. The Bertz CT molecular complexity index is 1470. The van der Waals surface area contributed by atoms with Crippen LogP contribution in [0.2, 0.25) is 0 Å². The van der Waals surface area contributed by atoms with Gasteiger partial charge in [-0.05, 0) is 53.6 Å². The molecule has 0 amide bonds. The number of hydrogen-bond donors (Lipinski definition) is 1. The van der Waals surface area contributed by atoms with Gasteiger partial charge in [0.25, 0.3) is 10.0 Å². The first-order valence-electron chi connectivity index (χ1n) is 9.34. The number of nitrogens with zero attached hydrogens (tertiary/aromatic N) is 2. The van der Waals surface area contributed by atoms with E-state index in [4.69, 9.17) is 0 Å². The van der Waals surface area contributed by atoms with Crippen molar-refractivity contribution in [1.29, 1.82) is 0 Å². The van der Waals surface area contributed by atoms with Crippen LogP contribution in [0.1, 0.15) is 5.56 Å². The maximum Gasteiger partial charge on any atom is 0.261 e. The average Bonchev–Trinajstić information content (AvgIpc) is 3.19. The van der Waals surface area contributed by atoms with Gasteiger partial charge in [0.1, 0.15) is 15.4 Å². The largest absolute Gasteiger partial charge is 0.279 e. The predicted octanol–water partition coefficient (Wildman–Crippen LogP) is 5.62. The van der Waals surface area contributed by atoms with Crippen molar-refractivity contribution in [2.75, 3.05) is 4.72 Å². The van der Waals surface area contributed by atoms with E-state index in [9.17, 15) is 8.42 Å². The Labute approximate surface area is 178 Å². The number of fused-ring (bicyclic) bond motifs is 2. The molecule has 0 spiro atoms. The van der Waals surface area contributed by atoms with Crippen LogP contribution in [0, 0.1) is 6.92 Å². The molecule has 5 nitrogen and oxygen atoms in total. The normalized spacial score (nSPS) is 11.8. The molecular weight excluding hydrogens is 414 g/mol. The molecule has 30 heavy (non-hydrogen) atoms. The van der Waals surface area contributed by atoms with Crippen molar-refractivity contribution in [3.63, 3.8) is 0 Å². The summed E-state index contributed by atoms with van der Waals surface area (Å²) in [6, 6.07) is 22.1. The highest BCUT2D eigenvalue weighted by Gasteiger charge is 2.18. The molecule has 3 aromatic carbocycles. The van der Waals surface area contributed by atoms with Crippen LogP contribution in [0.4, 0.5) is 5.69 Å². The van der Waals surface area contributed by atoms with Gasteiger partial charge in [0.05, 0.1) is 10.6 Å². The summed E-state index contributed by atoms with van der Waals surface area (Å²) in [4.78, 5) is 10.1. The Morgan fingerprint density at radius 3 is 2.57 bits per heavy atom. The van der Waals surface area contributed by atoms with Gasteiger partial charge >= 0.3 is 0 Å². The molecule has 5 rings (SSSR count). The second-order valence-corrected chi connectivity index (χ2v) is 9.60. The van der Waals surface area contributed by atoms with Crippen LogP contribution in [0.3, 0.4) is 0 Å². The maximum absolute atomic E-state index is 13.1. The van der Waals surface area contributed by atoms with Crippen molar-refractivity contribution in [3.05, 3.63) is 84.6 Å². The summed E-state index contributed by atoms with van der Waals surface area (Å²) in [5, 5.41) is 2.69. The highest BCUT2D eigenvalue weighted by atomic mass is 32.2. The molecule has 7 heteroatoms. The van der Waals surface area contributed by atoms with E-state index in [-0.39, 0.29) is 4.90 Å². The van der Waals surface area contributed by atoms with Gasteiger partial charge in [-0.15, -0.1) is 0 Å². The topological polar surface area (TPSA) is 72.0 Å². The Kier molecular flexibility index (Phi) is 4.49. The fraction of sp³-hybridized carbons (Fsp3) is 0.0435. The molecule has 148 valence electrons. The second-order valence-electron chi connectivity index (χ2n) is 6.94. The number of nitrogens with one attached hydrogen (secondary N) is 1. The van der Waals surface area contributed by atoms with Crippen molar-refractivity contribution >= 4 is 48.2 Å². The van der Waals surface area contributed by atoms with Crippen LogP contribution in [0.5, 0.6) is 0 Å². The number of rotatable bonds is 4. The summed E-state index contributed by atoms with van der Waals surface area (Å²) in [5.74, 6) is 0. The van der Waals surface area contributed by atoms with E-state index < -0.39 is 10.0 Å². The van der Waals surface area contributed by atoms with Crippen molar-refractivity contribution in [1.82, 2.24) is 9.97 Å². The molecule has 1 N–H and O–H groups in total. The van der Waals surface area contributed by atoms with Crippen molar-refractivity contribution in [2.45, 2.75) is 11.8 Å². The molecule has 2 heterocycles. The van der Waals surface area contributed by atoms with E-state index in [2.05, 4.69) is 14.7 Å². The highest BCUT2D eigenvalue weighted by molar-refractivity contribution is 7.92. The zero-order chi connectivity index (χ0) is 20.7. The summed E-state index contributed by atoms with van der Waals surface area (Å²) < 4.78 is 28.8.